The van der Waals surface area contributed by atoms with Crippen LogP contribution in [0.25, 0.3) is 143 Å². The van der Waals surface area contributed by atoms with E-state index in [4.69, 9.17) is 0 Å². The van der Waals surface area contributed by atoms with Crippen LogP contribution in [0.15, 0.2) is 297 Å². The summed E-state index contributed by atoms with van der Waals surface area (Å²) in [6, 6.07) is 115. The lowest BCUT2D eigenvalue weighted by Crippen LogP contribution is -2.59. The summed E-state index contributed by atoms with van der Waals surface area (Å²) in [4.78, 5) is 0. The monoisotopic (exact) mass is 1290 g/mol. The Bertz CT molecular complexity index is 6180. The number of fused-ring (bicyclic) bond motifs is 17. The fraction of sp³-hybridized carbons (Fsp3) is 0.143. The van der Waals surface area contributed by atoms with Crippen molar-refractivity contribution >= 4 is 99.0 Å². The average molecular weight is 1300 g/mol. The van der Waals surface area contributed by atoms with Crippen molar-refractivity contribution in [3.8, 4) is 67.0 Å². The van der Waals surface area contributed by atoms with Crippen LogP contribution in [0.1, 0.15) is 103 Å². The van der Waals surface area contributed by atoms with Gasteiger partial charge in [0.15, 0.2) is 0 Å². The number of nitrogens with zero attached hydrogens (tertiary/aromatic N) is 2. The van der Waals surface area contributed by atoms with E-state index in [2.05, 4.69) is 376 Å². The molecule has 2 aliphatic rings. The van der Waals surface area contributed by atoms with Crippen LogP contribution < -0.4 is 16.4 Å². The molecule has 0 amide bonds. The van der Waals surface area contributed by atoms with E-state index >= 15 is 0 Å². The topological polar surface area (TPSA) is 9.86 Å². The van der Waals surface area contributed by atoms with E-state index in [0.29, 0.717) is 0 Å². The van der Waals surface area contributed by atoms with Gasteiger partial charge in [0, 0.05) is 60.2 Å². The predicted molar refractivity (Wildman–Crippen MR) is 434 cm³/mol. The second kappa shape index (κ2) is 22.1. The summed E-state index contributed by atoms with van der Waals surface area (Å²) in [6.45, 7) is 23.4. The number of benzene rings is 15. The van der Waals surface area contributed by atoms with Crippen LogP contribution in [0.2, 0.25) is 0 Å². The molecule has 3 heteroatoms. The van der Waals surface area contributed by atoms with Crippen molar-refractivity contribution in [2.45, 2.75) is 90.9 Å². The van der Waals surface area contributed by atoms with Gasteiger partial charge in [-0.15, -0.1) is 0 Å². The van der Waals surface area contributed by atoms with Gasteiger partial charge in [0.05, 0.1) is 11.0 Å². The molecule has 4 heterocycles. The summed E-state index contributed by atoms with van der Waals surface area (Å²) < 4.78 is 5.45. The van der Waals surface area contributed by atoms with Crippen LogP contribution in [-0.2, 0) is 21.7 Å². The Balaban J connectivity index is 1.02. The molecular formula is C98H79BN2. The Labute approximate surface area is 592 Å². The van der Waals surface area contributed by atoms with Crippen LogP contribution >= 0.6 is 0 Å². The van der Waals surface area contributed by atoms with Crippen molar-refractivity contribution in [1.29, 1.82) is 0 Å². The molecule has 15 aromatic carbocycles. The van der Waals surface area contributed by atoms with Gasteiger partial charge in [0.25, 0.3) is 6.71 Å². The van der Waals surface area contributed by atoms with Crippen LogP contribution in [0.4, 0.5) is 0 Å². The minimum Gasteiger partial charge on any atom is -0.310 e. The third-order valence-corrected chi connectivity index (χ3v) is 23.4. The lowest BCUT2D eigenvalue weighted by atomic mass is 9.34. The highest BCUT2D eigenvalue weighted by Crippen LogP contribution is 2.51. The molecule has 0 unspecified atom stereocenters. The Morgan fingerprint density at radius 3 is 1.25 bits per heavy atom. The molecule has 0 saturated heterocycles. The van der Waals surface area contributed by atoms with Crippen LogP contribution in [-0.4, -0.2) is 15.8 Å². The molecule has 2 aliphatic heterocycles. The minimum absolute atomic E-state index is 0.00901. The average Bonchev–Trinajstić information content (AvgIpc) is 1.54. The molecule has 2 aromatic heterocycles. The van der Waals surface area contributed by atoms with Gasteiger partial charge in [-0.25, -0.2) is 0 Å². The van der Waals surface area contributed by atoms with Gasteiger partial charge in [-0.05, 0) is 186 Å². The first-order chi connectivity index (χ1) is 48.9. The van der Waals surface area contributed by atoms with E-state index < -0.39 is 0 Å². The molecule has 0 spiro atoms. The zero-order valence-corrected chi connectivity index (χ0v) is 59.3. The van der Waals surface area contributed by atoms with Gasteiger partial charge in [-0.2, -0.15) is 0 Å². The van der Waals surface area contributed by atoms with E-state index in [1.165, 1.54) is 193 Å². The fourth-order valence-corrected chi connectivity index (χ4v) is 17.9. The molecule has 0 N–H and O–H groups in total. The summed E-state index contributed by atoms with van der Waals surface area (Å²) >= 11 is 0. The van der Waals surface area contributed by atoms with E-state index in [1.54, 1.807) is 0 Å². The normalized spacial score (nSPS) is 13.0. The zero-order valence-electron chi connectivity index (χ0n) is 59.3. The molecule has 0 fully saturated rings. The van der Waals surface area contributed by atoms with Gasteiger partial charge in [0.2, 0.25) is 0 Å². The highest BCUT2D eigenvalue weighted by Gasteiger charge is 2.44. The van der Waals surface area contributed by atoms with Gasteiger partial charge in [-0.1, -0.05) is 324 Å². The number of hydrogen-bond acceptors (Lipinski definition) is 0. The first-order valence-electron chi connectivity index (χ1n) is 36.2. The molecular weight excluding hydrogens is 1220 g/mol. The van der Waals surface area contributed by atoms with E-state index in [1.807, 2.05) is 0 Å². The second-order valence-corrected chi connectivity index (χ2v) is 31.9. The van der Waals surface area contributed by atoms with Gasteiger partial charge < -0.3 is 9.13 Å². The number of aromatic nitrogens is 2. The standard InChI is InChI=1S/C98H79BN2/c1-95(2,3)65-45-41-61(42-46-65)73-39-26-40-74(62-43-47-66(48-44-62)96(4,5)6)89(73)64-55-87-92-88(56-64)101-86-52-50-79-77-37-23-22-35-75(77)76-36-24-25-38-78(76)90(79)91(86)82-53-63(72-34-21-20-33-71(72)60-27-14-11-15-28-60)54-83(94(82)101)99(92)84-59-70(98(9,10)68-31-18-13-19-32-68)58-81-80-57-69(49-51-85(80)100(87)93(81)84)97(7,8)67-29-16-12-17-30-67/h11-59H,1-10H3. The van der Waals surface area contributed by atoms with Gasteiger partial charge in [-0.3, -0.25) is 0 Å². The highest BCUT2D eigenvalue weighted by atomic mass is 15.0. The molecule has 0 atom stereocenters. The molecule has 19 rings (SSSR count). The molecule has 0 radical (unpaired) electrons. The zero-order chi connectivity index (χ0) is 68.6. The van der Waals surface area contributed by atoms with Crippen molar-refractivity contribution in [3.05, 3.63) is 331 Å². The molecule has 17 aromatic rings. The highest BCUT2D eigenvalue weighted by molar-refractivity contribution is 7.00. The predicted octanol–water partition coefficient (Wildman–Crippen LogP) is 24.1. The Hall–Kier alpha value is -11.3. The molecule has 484 valence electrons. The molecule has 0 aliphatic carbocycles. The largest absolute Gasteiger partial charge is 0.310 e. The van der Waals surface area contributed by atoms with Crippen molar-refractivity contribution in [3.63, 3.8) is 0 Å². The van der Waals surface area contributed by atoms with Crippen LogP contribution in [0, 0.1) is 0 Å². The Kier molecular flexibility index (Phi) is 13.3. The summed E-state index contributed by atoms with van der Waals surface area (Å²) in [5, 5.41) is 12.7. The summed E-state index contributed by atoms with van der Waals surface area (Å²) in [5.41, 5.74) is 30.4. The molecule has 0 saturated carbocycles. The fourth-order valence-electron chi connectivity index (χ4n) is 17.9. The maximum absolute atomic E-state index is 2.74. The summed E-state index contributed by atoms with van der Waals surface area (Å²) in [7, 11) is 0. The van der Waals surface area contributed by atoms with Gasteiger partial charge in [0.1, 0.15) is 0 Å². The van der Waals surface area contributed by atoms with E-state index in [9.17, 15) is 0 Å². The third-order valence-electron chi connectivity index (χ3n) is 23.4. The van der Waals surface area contributed by atoms with Crippen molar-refractivity contribution in [2.75, 3.05) is 0 Å². The van der Waals surface area contributed by atoms with Crippen molar-refractivity contribution in [1.82, 2.24) is 9.13 Å². The number of hydrogen-bond donors (Lipinski definition) is 0. The van der Waals surface area contributed by atoms with Gasteiger partial charge >= 0.3 is 0 Å². The molecule has 2 nitrogen and oxygen atoms in total. The quantitative estimate of drug-likeness (QED) is 0.101. The van der Waals surface area contributed by atoms with Crippen molar-refractivity contribution < 1.29 is 0 Å². The smallest absolute Gasteiger partial charge is 0.252 e. The maximum Gasteiger partial charge on any atom is 0.252 e. The first kappa shape index (κ1) is 60.9. The summed E-state index contributed by atoms with van der Waals surface area (Å²) in [5.74, 6) is 0. The first-order valence-corrected chi connectivity index (χ1v) is 36.2. The lowest BCUT2D eigenvalue weighted by molar-refractivity contribution is 0.590. The maximum atomic E-state index is 2.74. The van der Waals surface area contributed by atoms with Crippen molar-refractivity contribution in [2.24, 2.45) is 0 Å². The number of rotatable bonds is 9. The Morgan fingerprint density at radius 1 is 0.248 bits per heavy atom. The van der Waals surface area contributed by atoms with E-state index in [0.717, 1.165) is 0 Å². The molecule has 0 bridgehead atoms. The van der Waals surface area contributed by atoms with E-state index in [-0.39, 0.29) is 28.4 Å². The SMILES string of the molecule is CC(C)(C)c1ccc(-c2cccc(-c3ccc(C(C)(C)C)cc3)c2-c2cc3c4c(c2)-n2c5ccc6c7ccccc7c7ccccc7c6c5c5cc(-c6ccccc6-c6ccccc6)cc(c52)B4c2cc(C(C)(C)c4ccccc4)cc4c5cc(C(C)(C)c6ccccc6)ccc5n-3c24)cc1. The minimum atomic E-state index is -0.372. The Morgan fingerprint density at radius 2 is 0.673 bits per heavy atom. The second-order valence-electron chi connectivity index (χ2n) is 31.9. The lowest BCUT2D eigenvalue weighted by Gasteiger charge is -2.36. The summed E-state index contributed by atoms with van der Waals surface area (Å²) in [6.07, 6.45) is 0. The van der Waals surface area contributed by atoms with Crippen LogP contribution in [0.5, 0.6) is 0 Å². The van der Waals surface area contributed by atoms with Crippen LogP contribution in [0.3, 0.4) is 0 Å². The molecule has 101 heavy (non-hydrogen) atoms. The third kappa shape index (κ3) is 9.18.